The van der Waals surface area contributed by atoms with Crippen LogP contribution in [0.4, 0.5) is 0 Å². The van der Waals surface area contributed by atoms with Gasteiger partial charge in [-0.1, -0.05) is 15.9 Å². The molecule has 2 rings (SSSR count). The Kier molecular flexibility index (Phi) is 8.59. The van der Waals surface area contributed by atoms with Gasteiger partial charge in [-0.05, 0) is 0 Å². The Morgan fingerprint density at radius 2 is 1.31 bits per heavy atom. The summed E-state index contributed by atoms with van der Waals surface area (Å²) in [5.41, 5.74) is 0. The summed E-state index contributed by atoms with van der Waals surface area (Å²) in [6.45, 7) is -1.06. The minimum Gasteiger partial charge on any atom is -0.394 e. The number of hydrogen-bond acceptors (Lipinski definition) is 11. The van der Waals surface area contributed by atoms with Gasteiger partial charge in [0.2, 0.25) is 0 Å². The minimum atomic E-state index is -1.70. The highest BCUT2D eigenvalue weighted by atomic mass is 79.9. The van der Waals surface area contributed by atoms with Gasteiger partial charge >= 0.3 is 0 Å². The molecular formula is C14H25BrO11. The maximum Gasteiger partial charge on any atom is 0.187 e. The molecular weight excluding hydrogens is 424 g/mol. The highest BCUT2D eigenvalue weighted by Crippen LogP contribution is 2.29. The fourth-order valence-electron chi connectivity index (χ4n) is 2.85. The van der Waals surface area contributed by atoms with E-state index in [0.717, 1.165) is 0 Å². The van der Waals surface area contributed by atoms with Crippen LogP contribution in [-0.4, -0.2) is 122 Å². The highest BCUT2D eigenvalue weighted by molar-refractivity contribution is 9.09. The van der Waals surface area contributed by atoms with Crippen LogP contribution < -0.4 is 0 Å². The fourth-order valence-corrected chi connectivity index (χ4v) is 3.04. The van der Waals surface area contributed by atoms with Gasteiger partial charge in [0.25, 0.3) is 0 Å². The summed E-state index contributed by atoms with van der Waals surface area (Å²) in [6, 6.07) is 0. The Bertz CT molecular complexity index is 426. The lowest BCUT2D eigenvalue weighted by atomic mass is 9.97. The Labute approximate surface area is 157 Å². The molecule has 154 valence electrons. The van der Waals surface area contributed by atoms with Crippen molar-refractivity contribution < 1.29 is 54.7 Å². The maximum absolute atomic E-state index is 10.3. The first-order valence-corrected chi connectivity index (χ1v) is 9.23. The van der Waals surface area contributed by atoms with Crippen molar-refractivity contribution in [2.45, 2.75) is 61.4 Å². The van der Waals surface area contributed by atoms with Crippen LogP contribution >= 0.6 is 15.9 Å². The van der Waals surface area contributed by atoms with E-state index < -0.39 is 74.6 Å². The molecule has 2 aliphatic heterocycles. The Hall–Kier alpha value is 0.0400. The zero-order valence-electron chi connectivity index (χ0n) is 13.7. The van der Waals surface area contributed by atoms with Gasteiger partial charge in [0.05, 0.1) is 19.8 Å². The fraction of sp³-hybridized carbons (Fsp3) is 1.00. The van der Waals surface area contributed by atoms with Crippen LogP contribution in [0.15, 0.2) is 0 Å². The zero-order valence-corrected chi connectivity index (χ0v) is 15.3. The quantitative estimate of drug-likeness (QED) is 0.189. The van der Waals surface area contributed by atoms with Gasteiger partial charge in [-0.25, -0.2) is 0 Å². The molecule has 12 heteroatoms. The number of hydrogen-bond donors (Lipinski definition) is 7. The van der Waals surface area contributed by atoms with Crippen LogP contribution in [0.1, 0.15) is 0 Å². The molecule has 0 aromatic rings. The smallest absolute Gasteiger partial charge is 0.187 e. The number of halogens is 1. The molecule has 0 aliphatic carbocycles. The van der Waals surface area contributed by atoms with Gasteiger partial charge in [0, 0.05) is 5.33 Å². The van der Waals surface area contributed by atoms with Crippen molar-refractivity contribution in [3.8, 4) is 0 Å². The second kappa shape index (κ2) is 10.0. The predicted molar refractivity (Wildman–Crippen MR) is 86.1 cm³/mol. The van der Waals surface area contributed by atoms with Gasteiger partial charge in [0.1, 0.15) is 48.8 Å². The topological polar surface area (TPSA) is 179 Å². The molecule has 26 heavy (non-hydrogen) atoms. The molecule has 2 heterocycles. The standard InChI is InChI=1S/C14H25BrO11/c15-1-2-23-13-11(22)9(20)12(6(4-17)25-13)26-14-10(21)8(19)7(18)5(3-16)24-14/h5-14,16-22H,1-4H2/t5-,6-,7+,8+,9-,10-,11-,12-,13+,14+/m1/s1. The summed E-state index contributed by atoms with van der Waals surface area (Å²) in [5, 5.41) is 69.2. The summed E-state index contributed by atoms with van der Waals surface area (Å²) in [5.74, 6) is 0. The normalized spacial score (nSPS) is 47.1. The van der Waals surface area contributed by atoms with Crippen LogP contribution in [0.25, 0.3) is 0 Å². The predicted octanol–water partition coefficient (Wildman–Crippen LogP) is -3.98. The van der Waals surface area contributed by atoms with E-state index in [-0.39, 0.29) is 6.61 Å². The van der Waals surface area contributed by atoms with Gasteiger partial charge < -0.3 is 54.7 Å². The molecule has 11 nitrogen and oxygen atoms in total. The van der Waals surface area contributed by atoms with Crippen molar-refractivity contribution in [2.24, 2.45) is 0 Å². The van der Waals surface area contributed by atoms with Crippen LogP contribution in [-0.2, 0) is 18.9 Å². The van der Waals surface area contributed by atoms with Crippen LogP contribution in [0, 0.1) is 0 Å². The number of alkyl halides is 1. The lowest BCUT2D eigenvalue weighted by molar-refractivity contribution is -0.359. The van der Waals surface area contributed by atoms with Gasteiger partial charge in [-0.3, -0.25) is 0 Å². The Morgan fingerprint density at radius 3 is 1.88 bits per heavy atom. The van der Waals surface area contributed by atoms with Crippen molar-refractivity contribution in [2.75, 3.05) is 25.2 Å². The monoisotopic (exact) mass is 448 g/mol. The molecule has 0 unspecified atom stereocenters. The maximum atomic E-state index is 10.3. The molecule has 0 spiro atoms. The number of ether oxygens (including phenoxy) is 4. The molecule has 0 radical (unpaired) electrons. The van der Waals surface area contributed by atoms with Gasteiger partial charge in [-0.15, -0.1) is 0 Å². The van der Waals surface area contributed by atoms with E-state index in [2.05, 4.69) is 15.9 Å². The van der Waals surface area contributed by atoms with E-state index in [9.17, 15) is 35.7 Å². The molecule has 7 N–H and O–H groups in total. The largest absolute Gasteiger partial charge is 0.394 e. The summed E-state index contributed by atoms with van der Waals surface area (Å²) in [6.07, 6.45) is -14.4. The summed E-state index contributed by atoms with van der Waals surface area (Å²) < 4.78 is 21.2. The van der Waals surface area contributed by atoms with Gasteiger partial charge in [-0.2, -0.15) is 0 Å². The van der Waals surface area contributed by atoms with Crippen molar-refractivity contribution in [3.05, 3.63) is 0 Å². The van der Waals surface area contributed by atoms with E-state index in [1.165, 1.54) is 0 Å². The number of rotatable bonds is 7. The van der Waals surface area contributed by atoms with E-state index in [1.807, 2.05) is 0 Å². The van der Waals surface area contributed by atoms with E-state index in [1.54, 1.807) is 0 Å². The van der Waals surface area contributed by atoms with Gasteiger partial charge in [0.15, 0.2) is 12.6 Å². The molecule has 2 aliphatic rings. The van der Waals surface area contributed by atoms with Crippen LogP contribution in [0.2, 0.25) is 0 Å². The SMILES string of the molecule is OC[C@H]1O[C@@H](O[C@H]2[C@H](O)[C@@H](O)[C@@H](OCCBr)O[C@@H]2CO)[C@H](O)[C@@H](O)[C@H]1O. The third-order valence-electron chi connectivity index (χ3n) is 4.32. The Balaban J connectivity index is 2.09. The molecule has 2 fully saturated rings. The summed E-state index contributed by atoms with van der Waals surface area (Å²) >= 11 is 3.14. The lowest BCUT2D eigenvalue weighted by Gasteiger charge is -2.45. The Morgan fingerprint density at radius 1 is 0.731 bits per heavy atom. The summed E-state index contributed by atoms with van der Waals surface area (Å²) in [7, 11) is 0. The second-order valence-electron chi connectivity index (χ2n) is 6.06. The average Bonchev–Trinajstić information content (AvgIpc) is 2.64. The molecule has 0 amide bonds. The van der Waals surface area contributed by atoms with Crippen molar-refractivity contribution in [1.82, 2.24) is 0 Å². The first-order valence-electron chi connectivity index (χ1n) is 8.11. The van der Waals surface area contributed by atoms with Crippen LogP contribution in [0.5, 0.6) is 0 Å². The molecule has 0 bridgehead atoms. The van der Waals surface area contributed by atoms with E-state index in [4.69, 9.17) is 18.9 Å². The molecule has 2 saturated heterocycles. The summed E-state index contributed by atoms with van der Waals surface area (Å²) in [4.78, 5) is 0. The number of aliphatic hydroxyl groups is 7. The van der Waals surface area contributed by atoms with Crippen molar-refractivity contribution in [1.29, 1.82) is 0 Å². The van der Waals surface area contributed by atoms with Crippen molar-refractivity contribution >= 4 is 15.9 Å². The van der Waals surface area contributed by atoms with Crippen LogP contribution in [0.3, 0.4) is 0 Å². The van der Waals surface area contributed by atoms with Crippen molar-refractivity contribution in [3.63, 3.8) is 0 Å². The minimum absolute atomic E-state index is 0.185. The first-order chi connectivity index (χ1) is 12.3. The van der Waals surface area contributed by atoms with E-state index in [0.29, 0.717) is 5.33 Å². The highest BCUT2D eigenvalue weighted by Gasteiger charge is 2.50. The first kappa shape index (κ1) is 22.3. The molecule has 10 atom stereocenters. The number of aliphatic hydroxyl groups excluding tert-OH is 7. The average molecular weight is 449 g/mol. The second-order valence-corrected chi connectivity index (χ2v) is 6.86. The third kappa shape index (κ3) is 4.71. The molecule has 0 saturated carbocycles. The van der Waals surface area contributed by atoms with E-state index >= 15 is 0 Å². The third-order valence-corrected chi connectivity index (χ3v) is 4.64. The molecule has 0 aromatic carbocycles. The lowest BCUT2D eigenvalue weighted by Crippen LogP contribution is -2.64. The zero-order chi connectivity index (χ0) is 19.4. The molecule has 0 aromatic heterocycles.